The molecule has 1 aromatic heterocycles. The molecule has 1 fully saturated rings. The number of halogens is 4. The molecule has 0 saturated carbocycles. The van der Waals surface area contributed by atoms with Crippen LogP contribution in [0.4, 0.5) is 17.6 Å². The summed E-state index contributed by atoms with van der Waals surface area (Å²) in [5.41, 5.74) is -0.734. The van der Waals surface area contributed by atoms with E-state index in [-0.39, 0.29) is 51.7 Å². The number of hydrogen-bond acceptors (Lipinski definition) is 5. The minimum absolute atomic E-state index is 0.00154. The molecule has 37 heavy (non-hydrogen) atoms. The Labute approximate surface area is 210 Å². The molecular weight excluding hydrogens is 516 g/mol. The predicted octanol–water partition coefficient (Wildman–Crippen LogP) is 5.01. The number of Topliss-reactive ketones (excluding diaryl/α,β-unsaturated/α-hetero) is 1. The Bertz CT molecular complexity index is 1480. The first-order chi connectivity index (χ1) is 17.3. The van der Waals surface area contributed by atoms with Gasteiger partial charge in [0.25, 0.3) is 6.43 Å². The second-order valence-electron chi connectivity index (χ2n) is 9.70. The quantitative estimate of drug-likeness (QED) is 0.295. The predicted molar refractivity (Wildman–Crippen MR) is 130 cm³/mol. The molecule has 1 aliphatic rings. The molecule has 0 radical (unpaired) electrons. The lowest BCUT2D eigenvalue weighted by molar-refractivity contribution is -0.0498. The highest BCUT2D eigenvalue weighted by Gasteiger charge is 2.35. The fraction of sp³-hybridized carbons (Fsp3) is 0.440. The summed E-state index contributed by atoms with van der Waals surface area (Å²) >= 11 is 0. The van der Waals surface area contributed by atoms with Crippen molar-refractivity contribution in [3.8, 4) is 11.4 Å². The van der Waals surface area contributed by atoms with E-state index in [1.807, 2.05) is 6.92 Å². The summed E-state index contributed by atoms with van der Waals surface area (Å²) in [6, 6.07) is 8.07. The molecule has 0 aliphatic carbocycles. The average Bonchev–Trinajstić information content (AvgIpc) is 3.11. The largest absolute Gasteiger partial charge is 0.435 e. The van der Waals surface area contributed by atoms with Crippen molar-refractivity contribution in [2.45, 2.75) is 52.2 Å². The van der Waals surface area contributed by atoms with Gasteiger partial charge in [-0.3, -0.25) is 13.9 Å². The molecular formula is C25H26F4N2O5S. The molecule has 1 aliphatic heterocycles. The number of benzene rings is 2. The van der Waals surface area contributed by atoms with Crippen molar-refractivity contribution in [3.05, 3.63) is 58.5 Å². The van der Waals surface area contributed by atoms with E-state index in [0.29, 0.717) is 12.8 Å². The first-order valence-electron chi connectivity index (χ1n) is 11.6. The number of carbonyl (C=O) groups excluding carboxylic acids is 1. The summed E-state index contributed by atoms with van der Waals surface area (Å²) in [5, 5.41) is 0. The topological polar surface area (TPSA) is 87.4 Å². The van der Waals surface area contributed by atoms with Gasteiger partial charge >= 0.3 is 12.3 Å². The van der Waals surface area contributed by atoms with Crippen LogP contribution in [0, 0.1) is 5.41 Å². The minimum atomic E-state index is -3.12. The molecule has 0 spiro atoms. The standard InChI is InChI=1S/C25H26F4N2O5S/c1-15(22(26)27)30-20-12-16(21(32)14-25(2)8-10-37(34,35)11-9-25)6-7-19(20)31(24(30)33)17-4-3-5-18(13-17)36-23(28)29/h3-7,12-13,15,22-23H,8-11,14H2,1-2H3. The van der Waals surface area contributed by atoms with Crippen molar-refractivity contribution >= 4 is 26.7 Å². The number of sulfone groups is 1. The molecule has 200 valence electrons. The molecule has 2 heterocycles. The SMILES string of the molecule is CC(C(F)F)n1c(=O)n(-c2cccc(OC(F)F)c2)c2ccc(C(=O)CC3(C)CCS(=O)(=O)CC3)cc21. The maximum Gasteiger partial charge on any atom is 0.387 e. The molecule has 3 aromatic rings. The van der Waals surface area contributed by atoms with Crippen LogP contribution in [0.2, 0.25) is 0 Å². The Kier molecular flexibility index (Phi) is 7.24. The Morgan fingerprint density at radius 3 is 2.35 bits per heavy atom. The molecule has 1 saturated heterocycles. The van der Waals surface area contributed by atoms with Crippen molar-refractivity contribution in [2.75, 3.05) is 11.5 Å². The monoisotopic (exact) mass is 542 g/mol. The number of carbonyl (C=O) groups is 1. The third-order valence-corrected chi connectivity index (χ3v) is 8.54. The van der Waals surface area contributed by atoms with Crippen LogP contribution in [0.5, 0.6) is 5.75 Å². The van der Waals surface area contributed by atoms with Gasteiger partial charge in [0.15, 0.2) is 5.78 Å². The summed E-state index contributed by atoms with van der Waals surface area (Å²) in [6.07, 6.45) is -2.16. The summed E-state index contributed by atoms with van der Waals surface area (Å²) in [6.45, 7) is -0.0750. The number of hydrogen-bond donors (Lipinski definition) is 0. The van der Waals surface area contributed by atoms with Crippen LogP contribution in [-0.4, -0.2) is 47.9 Å². The van der Waals surface area contributed by atoms with Gasteiger partial charge in [-0.25, -0.2) is 22.0 Å². The maximum atomic E-state index is 13.7. The second-order valence-corrected chi connectivity index (χ2v) is 12.0. The van der Waals surface area contributed by atoms with E-state index in [9.17, 15) is 35.6 Å². The van der Waals surface area contributed by atoms with Gasteiger partial charge in [0.05, 0.1) is 34.3 Å². The van der Waals surface area contributed by atoms with Crippen molar-refractivity contribution in [1.82, 2.24) is 9.13 Å². The van der Waals surface area contributed by atoms with Crippen LogP contribution in [0.3, 0.4) is 0 Å². The first-order valence-corrected chi connectivity index (χ1v) is 13.5. The Hall–Kier alpha value is -3.15. The summed E-state index contributed by atoms with van der Waals surface area (Å²) in [7, 11) is -3.12. The summed E-state index contributed by atoms with van der Waals surface area (Å²) < 4.78 is 82.9. The zero-order valence-corrected chi connectivity index (χ0v) is 21.0. The van der Waals surface area contributed by atoms with Gasteiger partial charge < -0.3 is 4.74 Å². The zero-order chi connectivity index (χ0) is 27.1. The van der Waals surface area contributed by atoms with E-state index in [1.165, 1.54) is 49.4 Å². The lowest BCUT2D eigenvalue weighted by Crippen LogP contribution is -2.33. The Balaban J connectivity index is 1.78. The van der Waals surface area contributed by atoms with E-state index in [4.69, 9.17) is 0 Å². The van der Waals surface area contributed by atoms with Crippen LogP contribution < -0.4 is 10.4 Å². The average molecular weight is 543 g/mol. The number of aromatic nitrogens is 2. The Morgan fingerprint density at radius 2 is 1.73 bits per heavy atom. The lowest BCUT2D eigenvalue weighted by Gasteiger charge is -2.32. The van der Waals surface area contributed by atoms with Crippen molar-refractivity contribution in [3.63, 3.8) is 0 Å². The number of ketones is 1. The van der Waals surface area contributed by atoms with E-state index >= 15 is 0 Å². The zero-order valence-electron chi connectivity index (χ0n) is 20.2. The molecule has 12 heteroatoms. The number of fused-ring (bicyclic) bond motifs is 1. The van der Waals surface area contributed by atoms with Crippen molar-refractivity contribution < 1.29 is 35.5 Å². The fourth-order valence-corrected chi connectivity index (χ4v) is 6.46. The van der Waals surface area contributed by atoms with Gasteiger partial charge in [0, 0.05) is 18.1 Å². The van der Waals surface area contributed by atoms with Gasteiger partial charge in [-0.05, 0) is 55.5 Å². The van der Waals surface area contributed by atoms with Gasteiger partial charge in [0.1, 0.15) is 15.6 Å². The van der Waals surface area contributed by atoms with E-state index in [2.05, 4.69) is 4.74 Å². The molecule has 0 bridgehead atoms. The van der Waals surface area contributed by atoms with E-state index in [0.717, 1.165) is 9.13 Å². The number of imidazole rings is 1. The second kappa shape index (κ2) is 9.96. The van der Waals surface area contributed by atoms with Crippen molar-refractivity contribution in [2.24, 2.45) is 5.41 Å². The molecule has 1 atom stereocenters. The minimum Gasteiger partial charge on any atom is -0.435 e. The third kappa shape index (κ3) is 5.58. The summed E-state index contributed by atoms with van der Waals surface area (Å²) in [5.74, 6) is -0.513. The maximum absolute atomic E-state index is 13.7. The molecule has 4 rings (SSSR count). The van der Waals surface area contributed by atoms with Gasteiger partial charge in [-0.2, -0.15) is 8.78 Å². The van der Waals surface area contributed by atoms with Gasteiger partial charge in [0.2, 0.25) is 0 Å². The normalized spacial score (nSPS) is 17.8. The van der Waals surface area contributed by atoms with Crippen LogP contribution in [0.1, 0.15) is 49.5 Å². The Morgan fingerprint density at radius 1 is 1.05 bits per heavy atom. The number of alkyl halides is 4. The van der Waals surface area contributed by atoms with Crippen molar-refractivity contribution in [1.29, 1.82) is 0 Å². The molecule has 7 nitrogen and oxygen atoms in total. The van der Waals surface area contributed by atoms with Crippen LogP contribution in [0.25, 0.3) is 16.7 Å². The lowest BCUT2D eigenvalue weighted by atomic mass is 9.78. The highest BCUT2D eigenvalue weighted by molar-refractivity contribution is 7.91. The molecule has 0 N–H and O–H groups in total. The molecule has 0 amide bonds. The highest BCUT2D eigenvalue weighted by Crippen LogP contribution is 2.37. The smallest absolute Gasteiger partial charge is 0.387 e. The number of nitrogens with zero attached hydrogens (tertiary/aromatic N) is 2. The number of ether oxygens (including phenoxy) is 1. The van der Waals surface area contributed by atoms with E-state index in [1.54, 1.807) is 0 Å². The summed E-state index contributed by atoms with van der Waals surface area (Å²) in [4.78, 5) is 26.5. The third-order valence-electron chi connectivity index (χ3n) is 6.89. The van der Waals surface area contributed by atoms with E-state index < -0.39 is 40.0 Å². The highest BCUT2D eigenvalue weighted by atomic mass is 32.2. The van der Waals surface area contributed by atoms with Gasteiger partial charge in [-0.15, -0.1) is 0 Å². The van der Waals surface area contributed by atoms with Crippen LogP contribution >= 0.6 is 0 Å². The molecule has 1 unspecified atom stereocenters. The first kappa shape index (κ1) is 26.9. The molecule has 2 aromatic carbocycles. The van der Waals surface area contributed by atoms with Crippen LogP contribution in [-0.2, 0) is 9.84 Å². The van der Waals surface area contributed by atoms with Gasteiger partial charge in [-0.1, -0.05) is 13.0 Å². The van der Waals surface area contributed by atoms with Crippen LogP contribution in [0.15, 0.2) is 47.3 Å². The fourth-order valence-electron chi connectivity index (χ4n) is 4.64. The number of rotatable bonds is 8.